The Morgan fingerprint density at radius 2 is 2.47 bits per heavy atom. The molecule has 0 spiro atoms. The molecule has 0 bridgehead atoms. The van der Waals surface area contributed by atoms with Crippen LogP contribution in [0, 0.1) is 11.8 Å². The Morgan fingerprint density at radius 1 is 1.53 bits per heavy atom. The fourth-order valence-corrected chi connectivity index (χ4v) is 1.68. The summed E-state index contributed by atoms with van der Waals surface area (Å²) in [7, 11) is 0. The zero-order valence-corrected chi connectivity index (χ0v) is 9.69. The summed E-state index contributed by atoms with van der Waals surface area (Å²) in [5.41, 5.74) is 6.13. The van der Waals surface area contributed by atoms with E-state index in [2.05, 4.69) is 16.8 Å². The minimum atomic E-state index is 0.216. The Hall–Kier alpha value is -1.57. The van der Waals surface area contributed by atoms with Crippen molar-refractivity contribution < 1.29 is 9.47 Å². The highest BCUT2D eigenvalue weighted by atomic mass is 16.5. The zero-order chi connectivity index (χ0) is 11.9. The van der Waals surface area contributed by atoms with Crippen LogP contribution >= 0.6 is 0 Å². The first-order valence-corrected chi connectivity index (χ1v) is 5.77. The Bertz CT molecular complexity index is 417. The first kappa shape index (κ1) is 11.9. The van der Waals surface area contributed by atoms with Crippen LogP contribution in [-0.2, 0) is 4.74 Å². The summed E-state index contributed by atoms with van der Waals surface area (Å²) in [6, 6.07) is 1.87. The molecule has 90 valence electrons. The molecular formula is C13H16N2O2. The molecule has 0 radical (unpaired) electrons. The van der Waals surface area contributed by atoms with Crippen LogP contribution in [0.3, 0.4) is 0 Å². The lowest BCUT2D eigenvalue weighted by Crippen LogP contribution is -2.16. The van der Waals surface area contributed by atoms with Crippen molar-refractivity contribution in [2.75, 3.05) is 19.8 Å². The van der Waals surface area contributed by atoms with E-state index in [9.17, 15) is 0 Å². The molecule has 2 heterocycles. The summed E-state index contributed by atoms with van der Waals surface area (Å²) < 4.78 is 11.1. The number of hydrogen-bond acceptors (Lipinski definition) is 4. The second kappa shape index (κ2) is 6.24. The maximum Gasteiger partial charge on any atom is 0.138 e. The molecule has 0 saturated carbocycles. The Balaban J connectivity index is 1.91. The largest absolute Gasteiger partial charge is 0.489 e. The van der Waals surface area contributed by atoms with Gasteiger partial charge in [-0.2, -0.15) is 0 Å². The van der Waals surface area contributed by atoms with Gasteiger partial charge in [-0.1, -0.05) is 11.8 Å². The molecule has 1 unspecified atom stereocenters. The molecule has 1 aliphatic heterocycles. The van der Waals surface area contributed by atoms with Gasteiger partial charge in [0.25, 0.3) is 0 Å². The minimum absolute atomic E-state index is 0.216. The van der Waals surface area contributed by atoms with Gasteiger partial charge in [0.15, 0.2) is 0 Å². The molecule has 2 N–H and O–H groups in total. The van der Waals surface area contributed by atoms with E-state index in [-0.39, 0.29) is 6.10 Å². The zero-order valence-electron chi connectivity index (χ0n) is 9.69. The van der Waals surface area contributed by atoms with Gasteiger partial charge < -0.3 is 15.2 Å². The number of aromatic nitrogens is 1. The van der Waals surface area contributed by atoms with Crippen molar-refractivity contribution in [1.82, 2.24) is 4.98 Å². The second-order valence-corrected chi connectivity index (χ2v) is 3.86. The highest BCUT2D eigenvalue weighted by Gasteiger charge is 2.15. The predicted octanol–water partition coefficient (Wildman–Crippen LogP) is 0.950. The number of ether oxygens (including phenoxy) is 2. The highest BCUT2D eigenvalue weighted by molar-refractivity contribution is 5.36. The third kappa shape index (κ3) is 3.74. The van der Waals surface area contributed by atoms with Gasteiger partial charge >= 0.3 is 0 Å². The minimum Gasteiger partial charge on any atom is -0.489 e. The number of pyridine rings is 1. The molecule has 1 aliphatic rings. The van der Waals surface area contributed by atoms with Gasteiger partial charge in [-0.3, -0.25) is 4.98 Å². The Morgan fingerprint density at radius 3 is 3.24 bits per heavy atom. The molecule has 2 rings (SSSR count). The van der Waals surface area contributed by atoms with Gasteiger partial charge in [0.2, 0.25) is 0 Å². The Labute approximate surface area is 101 Å². The summed E-state index contributed by atoms with van der Waals surface area (Å²) in [6.45, 7) is 1.77. The number of nitrogens with two attached hydrogens (primary N) is 1. The molecular weight excluding hydrogens is 216 g/mol. The van der Waals surface area contributed by atoms with E-state index in [1.807, 2.05) is 6.07 Å². The first-order valence-electron chi connectivity index (χ1n) is 5.77. The molecule has 0 aromatic carbocycles. The van der Waals surface area contributed by atoms with Crippen molar-refractivity contribution in [2.24, 2.45) is 5.73 Å². The predicted molar refractivity (Wildman–Crippen MR) is 64.6 cm³/mol. The van der Waals surface area contributed by atoms with Crippen molar-refractivity contribution in [3.63, 3.8) is 0 Å². The van der Waals surface area contributed by atoms with Crippen molar-refractivity contribution >= 4 is 0 Å². The third-order valence-corrected chi connectivity index (χ3v) is 2.51. The summed E-state index contributed by atoms with van der Waals surface area (Å²) >= 11 is 0. The normalized spacial score (nSPS) is 18.5. The molecule has 0 aliphatic carbocycles. The van der Waals surface area contributed by atoms with Gasteiger partial charge in [-0.05, 0) is 18.9 Å². The molecule has 4 heteroatoms. The molecule has 1 atom stereocenters. The van der Waals surface area contributed by atoms with Gasteiger partial charge in [0.1, 0.15) is 12.4 Å². The van der Waals surface area contributed by atoms with E-state index in [0.29, 0.717) is 13.2 Å². The highest BCUT2D eigenvalue weighted by Crippen LogP contribution is 2.15. The van der Waals surface area contributed by atoms with Crippen LogP contribution in [0.4, 0.5) is 0 Å². The van der Waals surface area contributed by atoms with Crippen LogP contribution in [0.2, 0.25) is 0 Å². The van der Waals surface area contributed by atoms with Crippen LogP contribution in [0.5, 0.6) is 5.75 Å². The van der Waals surface area contributed by atoms with Crippen molar-refractivity contribution in [2.45, 2.75) is 18.9 Å². The average Bonchev–Trinajstić information content (AvgIpc) is 2.87. The lowest BCUT2D eigenvalue weighted by molar-refractivity contribution is 0.0678. The third-order valence-electron chi connectivity index (χ3n) is 2.51. The fraction of sp³-hybridized carbons (Fsp3) is 0.462. The van der Waals surface area contributed by atoms with E-state index >= 15 is 0 Å². The van der Waals surface area contributed by atoms with E-state index in [4.69, 9.17) is 15.2 Å². The van der Waals surface area contributed by atoms with Gasteiger partial charge in [-0.25, -0.2) is 0 Å². The van der Waals surface area contributed by atoms with E-state index in [0.717, 1.165) is 30.8 Å². The van der Waals surface area contributed by atoms with Crippen LogP contribution < -0.4 is 10.5 Å². The lowest BCUT2D eigenvalue weighted by Gasteiger charge is -2.10. The van der Waals surface area contributed by atoms with Crippen LogP contribution in [-0.4, -0.2) is 30.8 Å². The molecule has 4 nitrogen and oxygen atoms in total. The van der Waals surface area contributed by atoms with Gasteiger partial charge in [-0.15, -0.1) is 0 Å². The van der Waals surface area contributed by atoms with Crippen LogP contribution in [0.1, 0.15) is 18.4 Å². The number of rotatable bonds is 3. The van der Waals surface area contributed by atoms with E-state index < -0.39 is 0 Å². The molecule has 0 amide bonds. The van der Waals surface area contributed by atoms with Crippen molar-refractivity contribution in [3.8, 4) is 17.6 Å². The summed E-state index contributed by atoms with van der Waals surface area (Å²) in [5, 5.41) is 0. The number of nitrogens with zero attached hydrogens (tertiary/aromatic N) is 1. The first-order chi connectivity index (χ1) is 8.38. The maximum atomic E-state index is 5.62. The fourth-order valence-electron chi connectivity index (χ4n) is 1.68. The average molecular weight is 232 g/mol. The van der Waals surface area contributed by atoms with Crippen LogP contribution in [0.25, 0.3) is 0 Å². The van der Waals surface area contributed by atoms with Gasteiger partial charge in [0, 0.05) is 18.4 Å². The SMILES string of the molecule is NCC#Cc1cncc(OCC2CCCO2)c1. The van der Waals surface area contributed by atoms with Gasteiger partial charge in [0.05, 0.1) is 18.8 Å². The smallest absolute Gasteiger partial charge is 0.138 e. The number of hydrogen-bond donors (Lipinski definition) is 1. The maximum absolute atomic E-state index is 5.62. The summed E-state index contributed by atoms with van der Waals surface area (Å²) in [5.74, 6) is 6.44. The van der Waals surface area contributed by atoms with E-state index in [1.165, 1.54) is 0 Å². The Kier molecular flexibility index (Phi) is 4.37. The quantitative estimate of drug-likeness (QED) is 0.788. The van der Waals surface area contributed by atoms with Crippen LogP contribution in [0.15, 0.2) is 18.5 Å². The van der Waals surface area contributed by atoms with E-state index in [1.54, 1.807) is 12.4 Å². The molecule has 1 saturated heterocycles. The standard InChI is InChI=1S/C13H16N2O2/c14-5-1-3-11-7-13(9-15-8-11)17-10-12-4-2-6-16-12/h7-9,12H,2,4-6,10,14H2. The molecule has 1 fully saturated rings. The lowest BCUT2D eigenvalue weighted by atomic mass is 10.2. The second-order valence-electron chi connectivity index (χ2n) is 3.86. The van der Waals surface area contributed by atoms with Crippen molar-refractivity contribution in [3.05, 3.63) is 24.0 Å². The molecule has 1 aromatic rings. The van der Waals surface area contributed by atoms with Crippen molar-refractivity contribution in [1.29, 1.82) is 0 Å². The topological polar surface area (TPSA) is 57.4 Å². The summed E-state index contributed by atoms with van der Waals surface area (Å²) in [6.07, 6.45) is 5.78. The molecule has 1 aromatic heterocycles. The summed E-state index contributed by atoms with van der Waals surface area (Å²) in [4.78, 5) is 4.07. The molecule has 17 heavy (non-hydrogen) atoms. The monoisotopic (exact) mass is 232 g/mol.